The number of carbonyl (C=O) groups excluding carboxylic acids is 1. The lowest BCUT2D eigenvalue weighted by atomic mass is 9.84. The van der Waals surface area contributed by atoms with Gasteiger partial charge in [0.2, 0.25) is 9.84 Å². The molecule has 1 saturated heterocycles. The highest BCUT2D eigenvalue weighted by Crippen LogP contribution is 2.31. The van der Waals surface area contributed by atoms with Crippen LogP contribution in [0.25, 0.3) is 0 Å². The topological polar surface area (TPSA) is 123 Å². The molecule has 1 fully saturated rings. The van der Waals surface area contributed by atoms with Gasteiger partial charge in [-0.3, -0.25) is 4.79 Å². The van der Waals surface area contributed by atoms with Crippen LogP contribution in [0.5, 0.6) is 5.75 Å². The molecule has 174 valence electrons. The van der Waals surface area contributed by atoms with Crippen molar-refractivity contribution in [1.82, 2.24) is 9.88 Å². The summed E-state index contributed by atoms with van der Waals surface area (Å²) >= 11 is 0. The summed E-state index contributed by atoms with van der Waals surface area (Å²) in [6, 6.07) is 2.49. The summed E-state index contributed by atoms with van der Waals surface area (Å²) in [6.07, 6.45) is -4.26. The fourth-order valence-corrected chi connectivity index (χ4v) is 4.34. The number of hydrogen-bond acceptors (Lipinski definition) is 7. The van der Waals surface area contributed by atoms with Gasteiger partial charge in [0.05, 0.1) is 16.2 Å². The molecule has 1 aromatic heterocycles. The highest BCUT2D eigenvalue weighted by molar-refractivity contribution is 7.91. The largest absolute Gasteiger partial charge is 0.573 e. The summed E-state index contributed by atoms with van der Waals surface area (Å²) in [6.45, 7) is 3.77. The van der Waals surface area contributed by atoms with Crippen LogP contribution in [0.4, 0.5) is 23.2 Å². The number of aromatic nitrogens is 1. The average Bonchev–Trinajstić information content (AvgIpc) is 2.57. The number of sulfone groups is 1. The molecule has 13 heteroatoms. The van der Waals surface area contributed by atoms with E-state index in [1.165, 1.54) is 4.90 Å². The van der Waals surface area contributed by atoms with E-state index in [9.17, 15) is 35.9 Å². The van der Waals surface area contributed by atoms with Gasteiger partial charge in [-0.15, -0.1) is 13.2 Å². The Balaban J connectivity index is 1.83. The molecular weight excluding hydrogens is 458 g/mol. The number of halogens is 4. The third-order valence-electron chi connectivity index (χ3n) is 5.00. The van der Waals surface area contributed by atoms with Crippen LogP contribution < -0.4 is 10.5 Å². The van der Waals surface area contributed by atoms with E-state index in [4.69, 9.17) is 5.73 Å². The highest BCUT2D eigenvalue weighted by atomic mass is 32.2. The molecule has 0 atom stereocenters. The number of hydrogen-bond donors (Lipinski definition) is 2. The monoisotopic (exact) mass is 477 g/mol. The molecule has 1 amide bonds. The van der Waals surface area contributed by atoms with E-state index < -0.39 is 49.1 Å². The number of pyridine rings is 1. The van der Waals surface area contributed by atoms with Crippen LogP contribution in [0.3, 0.4) is 0 Å². The predicted octanol–water partition coefficient (Wildman–Crippen LogP) is 2.38. The molecule has 0 aliphatic carbocycles. The molecule has 0 saturated carbocycles. The quantitative estimate of drug-likeness (QED) is 0.634. The number of amides is 1. The van der Waals surface area contributed by atoms with Gasteiger partial charge >= 0.3 is 6.36 Å². The van der Waals surface area contributed by atoms with Crippen LogP contribution in [-0.4, -0.2) is 54.4 Å². The Bertz CT molecular complexity index is 1160. The van der Waals surface area contributed by atoms with Crippen molar-refractivity contribution in [3.8, 4) is 5.75 Å². The summed E-state index contributed by atoms with van der Waals surface area (Å²) in [5, 5.41) is 9.95. The van der Waals surface area contributed by atoms with Gasteiger partial charge < -0.3 is 20.5 Å². The second-order valence-electron chi connectivity index (χ2n) is 7.81. The van der Waals surface area contributed by atoms with Crippen LogP contribution in [0.15, 0.2) is 40.3 Å². The van der Waals surface area contributed by atoms with Gasteiger partial charge in [0, 0.05) is 31.3 Å². The van der Waals surface area contributed by atoms with Crippen LogP contribution in [0.1, 0.15) is 24.3 Å². The van der Waals surface area contributed by atoms with Crippen molar-refractivity contribution >= 4 is 21.4 Å². The molecule has 2 aromatic rings. The Hall–Kier alpha value is -2.93. The SMILES string of the molecule is CC(C)(O)C1CN(C(=O)c2ncc(S(=O)(=O)c3ccc(OC(F)(F)F)cc3F)cc2N)C1. The fourth-order valence-electron chi connectivity index (χ4n) is 3.05. The summed E-state index contributed by atoms with van der Waals surface area (Å²) in [4.78, 5) is 16.3. The number of nitrogen functional groups attached to an aromatic ring is 1. The van der Waals surface area contributed by atoms with Crippen molar-refractivity contribution in [3.05, 3.63) is 42.0 Å². The van der Waals surface area contributed by atoms with E-state index in [0.717, 1.165) is 12.3 Å². The van der Waals surface area contributed by atoms with Crippen LogP contribution in [0.2, 0.25) is 0 Å². The first-order valence-electron chi connectivity index (χ1n) is 9.17. The summed E-state index contributed by atoms with van der Waals surface area (Å²) in [7, 11) is -4.55. The molecule has 1 aliphatic rings. The van der Waals surface area contributed by atoms with Crippen molar-refractivity contribution in [2.75, 3.05) is 18.8 Å². The lowest BCUT2D eigenvalue weighted by molar-refractivity contribution is -0.274. The molecule has 0 unspecified atom stereocenters. The summed E-state index contributed by atoms with van der Waals surface area (Å²) in [5.41, 5.74) is 4.34. The van der Waals surface area contributed by atoms with Crippen molar-refractivity contribution in [3.63, 3.8) is 0 Å². The zero-order chi connectivity index (χ0) is 24.1. The summed E-state index contributed by atoms with van der Waals surface area (Å²) in [5.74, 6) is -3.10. The van der Waals surface area contributed by atoms with Crippen molar-refractivity contribution < 1.29 is 40.6 Å². The minimum atomic E-state index is -5.07. The first-order chi connectivity index (χ1) is 14.6. The predicted molar refractivity (Wildman–Crippen MR) is 103 cm³/mol. The minimum Gasteiger partial charge on any atom is -0.406 e. The minimum absolute atomic E-state index is 0.139. The van der Waals surface area contributed by atoms with Gasteiger partial charge in [-0.1, -0.05) is 0 Å². The van der Waals surface area contributed by atoms with Crippen LogP contribution in [-0.2, 0) is 9.84 Å². The molecule has 32 heavy (non-hydrogen) atoms. The number of carbonyl (C=O) groups is 1. The number of nitrogens with zero attached hydrogens (tertiary/aromatic N) is 2. The molecular formula is C19H19F4N3O5S. The first-order valence-corrected chi connectivity index (χ1v) is 10.7. The van der Waals surface area contributed by atoms with Crippen LogP contribution in [0, 0.1) is 11.7 Å². The number of anilines is 1. The van der Waals surface area contributed by atoms with E-state index in [1.54, 1.807) is 13.8 Å². The number of nitrogens with two attached hydrogens (primary N) is 1. The molecule has 3 rings (SSSR count). The van der Waals surface area contributed by atoms with Crippen LogP contribution >= 0.6 is 0 Å². The maximum Gasteiger partial charge on any atom is 0.573 e. The first kappa shape index (κ1) is 23.7. The number of likely N-dealkylation sites (tertiary alicyclic amines) is 1. The number of alkyl halides is 3. The molecule has 1 aliphatic heterocycles. The highest BCUT2D eigenvalue weighted by Gasteiger charge is 2.40. The van der Waals surface area contributed by atoms with E-state index in [1.807, 2.05) is 0 Å². The van der Waals surface area contributed by atoms with Crippen molar-refractivity contribution in [2.45, 2.75) is 35.6 Å². The maximum absolute atomic E-state index is 14.2. The number of aliphatic hydroxyl groups is 1. The number of benzene rings is 1. The fraction of sp³-hybridized carbons (Fsp3) is 0.368. The zero-order valence-corrected chi connectivity index (χ0v) is 17.7. The zero-order valence-electron chi connectivity index (χ0n) is 16.9. The number of rotatable bonds is 5. The third-order valence-corrected chi connectivity index (χ3v) is 6.75. The molecule has 0 radical (unpaired) electrons. The van der Waals surface area contributed by atoms with Gasteiger partial charge in [0.25, 0.3) is 5.91 Å². The Morgan fingerprint density at radius 1 is 1.25 bits per heavy atom. The standard InChI is InChI=1S/C19H19F4N3O5S/c1-18(2,28)10-8-26(9-10)17(27)16-14(24)6-12(7-25-16)32(29,30)15-4-3-11(5-13(15)20)31-19(21,22)23/h3-7,10,28H,8-9,24H2,1-2H3. The molecule has 8 nitrogen and oxygen atoms in total. The maximum atomic E-state index is 14.2. The molecule has 0 spiro atoms. The number of ether oxygens (including phenoxy) is 1. The van der Waals surface area contributed by atoms with Gasteiger partial charge in [0.15, 0.2) is 5.69 Å². The summed E-state index contributed by atoms with van der Waals surface area (Å²) < 4.78 is 80.0. The van der Waals surface area contributed by atoms with E-state index in [-0.39, 0.29) is 36.5 Å². The molecule has 3 N–H and O–H groups in total. The van der Waals surface area contributed by atoms with E-state index in [0.29, 0.717) is 12.1 Å². The van der Waals surface area contributed by atoms with Gasteiger partial charge in [-0.05, 0) is 32.0 Å². The van der Waals surface area contributed by atoms with Crippen molar-refractivity contribution in [1.29, 1.82) is 0 Å². The van der Waals surface area contributed by atoms with Gasteiger partial charge in [-0.25, -0.2) is 17.8 Å². The normalized spacial score (nSPS) is 15.4. The van der Waals surface area contributed by atoms with E-state index in [2.05, 4.69) is 9.72 Å². The average molecular weight is 477 g/mol. The van der Waals surface area contributed by atoms with Crippen molar-refractivity contribution in [2.24, 2.45) is 5.92 Å². The molecule has 2 heterocycles. The third kappa shape index (κ3) is 4.78. The molecule has 0 bridgehead atoms. The Kier molecular flexibility index (Phi) is 5.85. The Morgan fingerprint density at radius 3 is 2.38 bits per heavy atom. The Labute approximate surface area is 180 Å². The second-order valence-corrected chi connectivity index (χ2v) is 9.73. The smallest absolute Gasteiger partial charge is 0.406 e. The second kappa shape index (κ2) is 7.89. The van der Waals surface area contributed by atoms with E-state index >= 15 is 0 Å². The Morgan fingerprint density at radius 2 is 1.88 bits per heavy atom. The van der Waals surface area contributed by atoms with Gasteiger partial charge in [-0.2, -0.15) is 0 Å². The molecule has 1 aromatic carbocycles. The lowest BCUT2D eigenvalue weighted by Crippen LogP contribution is -2.57. The van der Waals surface area contributed by atoms with Gasteiger partial charge in [0.1, 0.15) is 16.5 Å². The lowest BCUT2D eigenvalue weighted by Gasteiger charge is -2.45.